The van der Waals surface area contributed by atoms with Gasteiger partial charge in [0.25, 0.3) is 0 Å². The maximum Gasteiger partial charge on any atom is 0.0505 e. The van der Waals surface area contributed by atoms with Crippen molar-refractivity contribution in [2.75, 3.05) is 13.2 Å². The lowest BCUT2D eigenvalue weighted by molar-refractivity contribution is 0.211. The number of aliphatic hydroxyl groups excluding tert-OH is 1. The van der Waals surface area contributed by atoms with Crippen molar-refractivity contribution < 1.29 is 5.11 Å². The lowest BCUT2D eigenvalue weighted by Gasteiger charge is -2.12. The molecule has 1 aromatic rings. The van der Waals surface area contributed by atoms with Crippen LogP contribution in [-0.2, 0) is 0 Å². The van der Waals surface area contributed by atoms with Crippen molar-refractivity contribution in [1.29, 1.82) is 0 Å². The largest absolute Gasteiger partial charge is 0.396 e. The number of aliphatic hydroxyl groups is 1. The maximum absolute atomic E-state index is 9.28. The van der Waals surface area contributed by atoms with Crippen LogP contribution < -0.4 is 5.73 Å². The maximum atomic E-state index is 9.28. The van der Waals surface area contributed by atoms with E-state index in [0.29, 0.717) is 12.5 Å². The van der Waals surface area contributed by atoms with Crippen LogP contribution in [0.2, 0.25) is 0 Å². The van der Waals surface area contributed by atoms with Gasteiger partial charge in [0.05, 0.1) is 6.61 Å². The van der Waals surface area contributed by atoms with E-state index in [1.54, 1.807) is 6.20 Å². The van der Waals surface area contributed by atoms with Crippen LogP contribution >= 0.6 is 0 Å². The van der Waals surface area contributed by atoms with Gasteiger partial charge < -0.3 is 10.8 Å². The van der Waals surface area contributed by atoms with Crippen LogP contribution in [-0.4, -0.2) is 23.2 Å². The summed E-state index contributed by atoms with van der Waals surface area (Å²) in [6.45, 7) is 2.82. The Hall–Kier alpha value is -0.930. The second-order valence-electron chi connectivity index (χ2n) is 4.21. The zero-order valence-corrected chi connectivity index (χ0v) is 8.40. The quantitative estimate of drug-likeness (QED) is 0.745. The molecule has 0 aromatic carbocycles. The van der Waals surface area contributed by atoms with Crippen LogP contribution in [0.3, 0.4) is 0 Å². The van der Waals surface area contributed by atoms with Gasteiger partial charge in [0, 0.05) is 24.4 Å². The molecule has 14 heavy (non-hydrogen) atoms. The minimum absolute atomic E-state index is 0.0617. The summed E-state index contributed by atoms with van der Waals surface area (Å²) in [4.78, 5) is 4.12. The number of rotatable bonds is 3. The minimum atomic E-state index is -0.0617. The van der Waals surface area contributed by atoms with Gasteiger partial charge in [-0.15, -0.1) is 0 Å². The topological polar surface area (TPSA) is 59.1 Å². The summed E-state index contributed by atoms with van der Waals surface area (Å²) >= 11 is 0. The highest BCUT2D eigenvalue weighted by molar-refractivity contribution is 5.34. The van der Waals surface area contributed by atoms with E-state index in [0.717, 1.165) is 6.42 Å². The van der Waals surface area contributed by atoms with Crippen molar-refractivity contribution in [3.8, 4) is 0 Å². The third-order valence-electron chi connectivity index (χ3n) is 3.37. The first-order chi connectivity index (χ1) is 6.73. The second kappa shape index (κ2) is 3.33. The summed E-state index contributed by atoms with van der Waals surface area (Å²) in [5, 5.41) is 9.28. The monoisotopic (exact) mass is 192 g/mol. The molecule has 2 rings (SSSR count). The summed E-state index contributed by atoms with van der Waals surface area (Å²) in [6, 6.07) is 2.01. The Labute approximate surface area is 84.0 Å². The number of pyridine rings is 1. The fourth-order valence-corrected chi connectivity index (χ4v) is 2.09. The number of hydrogen-bond acceptors (Lipinski definition) is 3. The van der Waals surface area contributed by atoms with Crippen LogP contribution in [0.15, 0.2) is 18.5 Å². The number of nitrogens with two attached hydrogens (primary N) is 1. The lowest BCUT2D eigenvalue weighted by atomic mass is 9.98. The fourth-order valence-electron chi connectivity index (χ4n) is 2.09. The van der Waals surface area contributed by atoms with Crippen molar-refractivity contribution >= 4 is 0 Å². The first-order valence-corrected chi connectivity index (χ1v) is 4.95. The van der Waals surface area contributed by atoms with Crippen molar-refractivity contribution in [1.82, 2.24) is 4.98 Å². The molecule has 0 amide bonds. The normalized spacial score (nSPS) is 30.4. The third kappa shape index (κ3) is 1.33. The Bertz CT molecular complexity index is 334. The molecule has 76 valence electrons. The smallest absolute Gasteiger partial charge is 0.0505 e. The molecule has 1 heterocycles. The van der Waals surface area contributed by atoms with E-state index in [4.69, 9.17) is 5.73 Å². The molecule has 1 aliphatic rings. The second-order valence-corrected chi connectivity index (χ2v) is 4.21. The molecular formula is C11H16N2O. The van der Waals surface area contributed by atoms with Gasteiger partial charge in [-0.3, -0.25) is 4.98 Å². The van der Waals surface area contributed by atoms with Gasteiger partial charge >= 0.3 is 0 Å². The van der Waals surface area contributed by atoms with Gasteiger partial charge in [-0.1, -0.05) is 0 Å². The first-order valence-electron chi connectivity index (χ1n) is 4.95. The Morgan fingerprint density at radius 2 is 2.50 bits per heavy atom. The molecular weight excluding hydrogens is 176 g/mol. The molecule has 2 unspecified atom stereocenters. The highest BCUT2D eigenvalue weighted by atomic mass is 16.3. The molecule has 2 atom stereocenters. The van der Waals surface area contributed by atoms with Crippen molar-refractivity contribution in [3.05, 3.63) is 29.6 Å². The molecule has 0 bridgehead atoms. The van der Waals surface area contributed by atoms with E-state index in [1.165, 1.54) is 11.1 Å². The molecule has 0 radical (unpaired) electrons. The predicted octanol–water partition coefficient (Wildman–Crippen LogP) is 0.815. The summed E-state index contributed by atoms with van der Waals surface area (Å²) in [5.74, 6) is 0.409. The molecule has 1 fully saturated rings. The van der Waals surface area contributed by atoms with Crippen LogP contribution in [0.1, 0.15) is 23.5 Å². The van der Waals surface area contributed by atoms with Gasteiger partial charge in [0.1, 0.15) is 0 Å². The number of aryl methyl sites for hydroxylation is 1. The molecule has 3 nitrogen and oxygen atoms in total. The Kier molecular flexibility index (Phi) is 2.29. The van der Waals surface area contributed by atoms with E-state index >= 15 is 0 Å². The summed E-state index contributed by atoms with van der Waals surface area (Å²) in [5.41, 5.74) is 8.10. The molecule has 1 saturated carbocycles. The van der Waals surface area contributed by atoms with Gasteiger partial charge in [-0.2, -0.15) is 0 Å². The fraction of sp³-hybridized carbons (Fsp3) is 0.545. The molecule has 3 heteroatoms. The van der Waals surface area contributed by atoms with E-state index in [2.05, 4.69) is 11.9 Å². The molecule has 1 aliphatic carbocycles. The predicted molar refractivity (Wildman–Crippen MR) is 54.9 cm³/mol. The summed E-state index contributed by atoms with van der Waals surface area (Å²) in [7, 11) is 0. The average molecular weight is 192 g/mol. The van der Waals surface area contributed by atoms with E-state index in [9.17, 15) is 5.11 Å². The number of hydrogen-bond donors (Lipinski definition) is 2. The van der Waals surface area contributed by atoms with Gasteiger partial charge in [0.2, 0.25) is 0 Å². The number of nitrogens with zero attached hydrogens (tertiary/aromatic N) is 1. The Morgan fingerprint density at radius 1 is 1.71 bits per heavy atom. The molecule has 3 N–H and O–H groups in total. The molecule has 0 aliphatic heterocycles. The van der Waals surface area contributed by atoms with Crippen LogP contribution in [0, 0.1) is 12.3 Å². The van der Waals surface area contributed by atoms with E-state index in [1.807, 2.05) is 12.3 Å². The highest BCUT2D eigenvalue weighted by Crippen LogP contribution is 2.58. The zero-order valence-electron chi connectivity index (χ0n) is 8.40. The third-order valence-corrected chi connectivity index (χ3v) is 3.37. The van der Waals surface area contributed by atoms with Gasteiger partial charge in [0.15, 0.2) is 0 Å². The van der Waals surface area contributed by atoms with Crippen molar-refractivity contribution in [2.45, 2.75) is 19.3 Å². The van der Waals surface area contributed by atoms with Crippen molar-refractivity contribution in [3.63, 3.8) is 0 Å². The SMILES string of the molecule is Cc1ccncc1C1CC1(CN)CO. The minimum Gasteiger partial charge on any atom is -0.396 e. The first kappa shape index (κ1) is 9.62. The zero-order chi connectivity index (χ0) is 10.2. The van der Waals surface area contributed by atoms with E-state index < -0.39 is 0 Å². The highest BCUT2D eigenvalue weighted by Gasteiger charge is 2.53. The summed E-state index contributed by atoms with van der Waals surface area (Å²) in [6.07, 6.45) is 4.68. The van der Waals surface area contributed by atoms with Crippen molar-refractivity contribution in [2.24, 2.45) is 11.1 Å². The van der Waals surface area contributed by atoms with Gasteiger partial charge in [-0.25, -0.2) is 0 Å². The molecule has 0 saturated heterocycles. The summed E-state index contributed by atoms with van der Waals surface area (Å²) < 4.78 is 0. The lowest BCUT2D eigenvalue weighted by Crippen LogP contribution is -2.21. The molecule has 0 spiro atoms. The number of aromatic nitrogens is 1. The van der Waals surface area contributed by atoms with Crippen LogP contribution in [0.4, 0.5) is 0 Å². The Morgan fingerprint density at radius 3 is 3.00 bits per heavy atom. The van der Waals surface area contributed by atoms with Crippen LogP contribution in [0.25, 0.3) is 0 Å². The standard InChI is InChI=1S/C11H16N2O/c1-8-2-3-13-5-9(8)10-4-11(10,6-12)7-14/h2-3,5,10,14H,4,6-7,12H2,1H3. The molecule has 1 aromatic heterocycles. The Balaban J connectivity index is 2.24. The average Bonchev–Trinajstić information content (AvgIpc) is 2.94. The van der Waals surface area contributed by atoms with Crippen LogP contribution in [0.5, 0.6) is 0 Å². The van der Waals surface area contributed by atoms with E-state index in [-0.39, 0.29) is 12.0 Å². The van der Waals surface area contributed by atoms with Gasteiger partial charge in [-0.05, 0) is 36.5 Å².